The normalized spacial score (nSPS) is 19.9. The fourth-order valence-corrected chi connectivity index (χ4v) is 4.62. The summed E-state index contributed by atoms with van der Waals surface area (Å²) < 4.78 is 27.3. The van der Waals surface area contributed by atoms with Gasteiger partial charge in [0, 0.05) is 19.5 Å². The number of aryl methyl sites for hydroxylation is 1. The number of amides is 1. The van der Waals surface area contributed by atoms with Crippen LogP contribution in [-0.2, 0) is 14.8 Å². The zero-order valence-electron chi connectivity index (χ0n) is 13.6. The molecule has 1 aliphatic rings. The number of rotatable bonds is 4. The molecule has 1 saturated heterocycles. The van der Waals surface area contributed by atoms with Gasteiger partial charge in [-0.25, -0.2) is 8.42 Å². The zero-order chi connectivity index (χ0) is 16.5. The Labute approximate surface area is 133 Å². The van der Waals surface area contributed by atoms with Crippen LogP contribution in [0.3, 0.4) is 0 Å². The molecule has 0 aliphatic carbocycles. The van der Waals surface area contributed by atoms with Crippen LogP contribution >= 0.6 is 0 Å². The average molecular weight is 324 g/mol. The van der Waals surface area contributed by atoms with E-state index in [1.54, 1.807) is 36.1 Å². The maximum absolute atomic E-state index is 12.9. The van der Waals surface area contributed by atoms with Gasteiger partial charge in [-0.05, 0) is 25.0 Å². The van der Waals surface area contributed by atoms with Crippen LogP contribution in [0.25, 0.3) is 0 Å². The molecule has 6 heteroatoms. The summed E-state index contributed by atoms with van der Waals surface area (Å²) in [5, 5.41) is 0. The van der Waals surface area contributed by atoms with Crippen LogP contribution in [0, 0.1) is 12.8 Å². The minimum Gasteiger partial charge on any atom is -0.324 e. The first kappa shape index (κ1) is 17.0. The third-order valence-corrected chi connectivity index (χ3v) is 5.91. The van der Waals surface area contributed by atoms with Crippen LogP contribution in [0.1, 0.15) is 32.8 Å². The van der Waals surface area contributed by atoms with E-state index in [0.29, 0.717) is 19.5 Å². The molecule has 22 heavy (non-hydrogen) atoms. The van der Waals surface area contributed by atoms with Crippen molar-refractivity contribution in [3.05, 3.63) is 29.8 Å². The minimum absolute atomic E-state index is 0.000283. The number of hydrogen-bond donors (Lipinski definition) is 0. The van der Waals surface area contributed by atoms with Crippen LogP contribution in [0.4, 0.5) is 0 Å². The first-order valence-electron chi connectivity index (χ1n) is 7.67. The second-order valence-electron chi connectivity index (χ2n) is 6.03. The molecule has 1 heterocycles. The Hall–Kier alpha value is -1.40. The maximum atomic E-state index is 12.9. The summed E-state index contributed by atoms with van der Waals surface area (Å²) in [6.07, 6.45) is -0.0134. The molecule has 1 aliphatic heterocycles. The Morgan fingerprint density at radius 1 is 1.23 bits per heavy atom. The SMILES string of the molecule is CCC(=O)N1CCN(S(=O)(=O)c2ccc(C)cc2)C1C(C)C. The number of carbonyl (C=O) groups is 1. The Balaban J connectivity index is 2.38. The van der Waals surface area contributed by atoms with E-state index < -0.39 is 16.2 Å². The molecule has 5 nitrogen and oxygen atoms in total. The lowest BCUT2D eigenvalue weighted by molar-refractivity contribution is -0.133. The molecule has 0 aromatic heterocycles. The van der Waals surface area contributed by atoms with Gasteiger partial charge in [-0.2, -0.15) is 4.31 Å². The Kier molecular flexibility index (Phi) is 4.92. The van der Waals surface area contributed by atoms with Gasteiger partial charge in [-0.3, -0.25) is 4.79 Å². The van der Waals surface area contributed by atoms with Crippen LogP contribution < -0.4 is 0 Å². The molecule has 0 bridgehead atoms. The highest BCUT2D eigenvalue weighted by Gasteiger charge is 2.43. The topological polar surface area (TPSA) is 57.7 Å². The molecular weight excluding hydrogens is 300 g/mol. The fraction of sp³-hybridized carbons (Fsp3) is 0.562. The monoisotopic (exact) mass is 324 g/mol. The Morgan fingerprint density at radius 2 is 1.82 bits per heavy atom. The van der Waals surface area contributed by atoms with Gasteiger partial charge in [0.2, 0.25) is 15.9 Å². The highest BCUT2D eigenvalue weighted by Crippen LogP contribution is 2.29. The Bertz CT molecular complexity index is 638. The molecule has 122 valence electrons. The standard InChI is InChI=1S/C16H24N2O3S/c1-5-15(19)17-10-11-18(16(17)12(2)3)22(20,21)14-8-6-13(4)7-9-14/h6-9,12,16H,5,10-11H2,1-4H3. The minimum atomic E-state index is -3.58. The number of nitrogens with zero attached hydrogens (tertiary/aromatic N) is 2. The molecule has 1 aromatic carbocycles. The fourth-order valence-electron chi connectivity index (χ4n) is 2.90. The summed E-state index contributed by atoms with van der Waals surface area (Å²) in [5.74, 6) is 0.0403. The molecule has 2 rings (SSSR count). The first-order chi connectivity index (χ1) is 10.3. The van der Waals surface area contributed by atoms with E-state index in [2.05, 4.69) is 0 Å². The summed E-state index contributed by atoms with van der Waals surface area (Å²) in [7, 11) is -3.58. The average Bonchev–Trinajstić information content (AvgIpc) is 2.92. The van der Waals surface area contributed by atoms with E-state index in [4.69, 9.17) is 0 Å². The number of sulfonamides is 1. The molecule has 0 spiro atoms. The van der Waals surface area contributed by atoms with Gasteiger partial charge in [0.1, 0.15) is 6.17 Å². The second kappa shape index (κ2) is 6.38. The lowest BCUT2D eigenvalue weighted by atomic mass is 10.1. The zero-order valence-corrected chi connectivity index (χ0v) is 14.4. The predicted octanol–water partition coefficient (Wildman–Crippen LogP) is 2.22. The van der Waals surface area contributed by atoms with Crippen LogP contribution in [0.2, 0.25) is 0 Å². The highest BCUT2D eigenvalue weighted by molar-refractivity contribution is 7.89. The van der Waals surface area contributed by atoms with Crippen molar-refractivity contribution in [2.45, 2.75) is 45.2 Å². The quantitative estimate of drug-likeness (QED) is 0.853. The summed E-state index contributed by atoms with van der Waals surface area (Å²) >= 11 is 0. The third-order valence-electron chi connectivity index (χ3n) is 4.02. The van der Waals surface area contributed by atoms with Gasteiger partial charge in [-0.15, -0.1) is 0 Å². The van der Waals surface area contributed by atoms with Gasteiger partial charge in [0.25, 0.3) is 0 Å². The van der Waals surface area contributed by atoms with E-state index in [1.165, 1.54) is 4.31 Å². The largest absolute Gasteiger partial charge is 0.324 e. The van der Waals surface area contributed by atoms with Crippen LogP contribution in [0.5, 0.6) is 0 Å². The van der Waals surface area contributed by atoms with Gasteiger partial charge >= 0.3 is 0 Å². The van der Waals surface area contributed by atoms with Crippen molar-refractivity contribution in [2.75, 3.05) is 13.1 Å². The summed E-state index contributed by atoms with van der Waals surface area (Å²) in [6.45, 7) is 8.43. The molecule has 1 unspecified atom stereocenters. The van der Waals surface area contributed by atoms with Gasteiger partial charge < -0.3 is 4.90 Å². The highest BCUT2D eigenvalue weighted by atomic mass is 32.2. The van der Waals surface area contributed by atoms with Crippen LogP contribution in [-0.4, -0.2) is 42.8 Å². The number of carbonyl (C=O) groups excluding carboxylic acids is 1. The predicted molar refractivity (Wildman–Crippen MR) is 85.7 cm³/mol. The van der Waals surface area contributed by atoms with Crippen molar-refractivity contribution in [1.29, 1.82) is 0 Å². The van der Waals surface area contributed by atoms with E-state index in [0.717, 1.165) is 5.56 Å². The van der Waals surface area contributed by atoms with Gasteiger partial charge in [-0.1, -0.05) is 38.5 Å². The van der Waals surface area contributed by atoms with Gasteiger partial charge in [0.05, 0.1) is 4.90 Å². The molecule has 1 fully saturated rings. The molecule has 1 atom stereocenters. The van der Waals surface area contributed by atoms with E-state index >= 15 is 0 Å². The molecule has 1 amide bonds. The maximum Gasteiger partial charge on any atom is 0.244 e. The second-order valence-corrected chi connectivity index (χ2v) is 7.92. The molecule has 0 N–H and O–H groups in total. The summed E-state index contributed by atoms with van der Waals surface area (Å²) in [6, 6.07) is 6.85. The molecule has 0 radical (unpaired) electrons. The van der Waals surface area contributed by atoms with Crippen molar-refractivity contribution < 1.29 is 13.2 Å². The summed E-state index contributed by atoms with van der Waals surface area (Å²) in [4.78, 5) is 14.1. The van der Waals surface area contributed by atoms with E-state index in [-0.39, 0.29) is 16.7 Å². The van der Waals surface area contributed by atoms with Crippen molar-refractivity contribution in [1.82, 2.24) is 9.21 Å². The number of hydrogen-bond acceptors (Lipinski definition) is 3. The lowest BCUT2D eigenvalue weighted by Gasteiger charge is -2.32. The molecule has 0 saturated carbocycles. The van der Waals surface area contributed by atoms with Crippen molar-refractivity contribution in [2.24, 2.45) is 5.92 Å². The van der Waals surface area contributed by atoms with E-state index in [9.17, 15) is 13.2 Å². The van der Waals surface area contributed by atoms with Crippen molar-refractivity contribution in [3.8, 4) is 0 Å². The third kappa shape index (κ3) is 3.03. The van der Waals surface area contributed by atoms with Crippen LogP contribution in [0.15, 0.2) is 29.2 Å². The summed E-state index contributed by atoms with van der Waals surface area (Å²) in [5.41, 5.74) is 1.02. The molecule has 1 aromatic rings. The van der Waals surface area contributed by atoms with Crippen molar-refractivity contribution in [3.63, 3.8) is 0 Å². The molecular formula is C16H24N2O3S. The smallest absolute Gasteiger partial charge is 0.244 e. The van der Waals surface area contributed by atoms with Gasteiger partial charge in [0.15, 0.2) is 0 Å². The van der Waals surface area contributed by atoms with Crippen molar-refractivity contribution >= 4 is 15.9 Å². The number of benzene rings is 1. The lowest BCUT2D eigenvalue weighted by Crippen LogP contribution is -2.47. The van der Waals surface area contributed by atoms with E-state index in [1.807, 2.05) is 20.8 Å². The first-order valence-corrected chi connectivity index (χ1v) is 9.11. The Morgan fingerprint density at radius 3 is 2.32 bits per heavy atom.